The molecule has 0 aromatic carbocycles. The summed E-state index contributed by atoms with van der Waals surface area (Å²) in [7, 11) is 1.61. The number of nitroso groups, excluding NO2 is 1. The Bertz CT molecular complexity index is 329. The molecule has 1 N–H and O–H groups in total. The third kappa shape index (κ3) is 0.867. The van der Waals surface area contributed by atoms with Crippen molar-refractivity contribution in [2.24, 2.45) is 5.18 Å². The van der Waals surface area contributed by atoms with Crippen molar-refractivity contribution in [3.63, 3.8) is 0 Å². The largest absolute Gasteiger partial charge is 0.507 e. The maximum absolute atomic E-state index is 11.5. The molecule has 0 bridgehead atoms. The quantitative estimate of drug-likeness (QED) is 0.643. The summed E-state index contributed by atoms with van der Waals surface area (Å²) in [5.41, 5.74) is -0.935. The number of carbonyl (C=O) groups is 1. The molecule has 5 nitrogen and oxygen atoms in total. The highest BCUT2D eigenvalue weighted by Gasteiger charge is 2.52. The number of hydrogen-bond donors (Lipinski definition) is 1. The number of nitrogens with zero attached hydrogens (tertiary/aromatic N) is 2. The van der Waals surface area contributed by atoms with Crippen molar-refractivity contribution in [1.82, 2.24) is 4.90 Å². The zero-order valence-electron chi connectivity index (χ0n) is 7.99. The summed E-state index contributed by atoms with van der Waals surface area (Å²) in [4.78, 5) is 23.4. The van der Waals surface area contributed by atoms with Crippen LogP contribution in [0, 0.1) is 4.91 Å². The Labute approximate surface area is 81.4 Å². The lowest BCUT2D eigenvalue weighted by atomic mass is 9.96. The molecule has 5 heteroatoms. The van der Waals surface area contributed by atoms with Crippen LogP contribution in [-0.2, 0) is 4.79 Å². The third-order valence-corrected chi connectivity index (χ3v) is 3.34. The molecule has 0 aromatic rings. The molecule has 0 atom stereocenters. The van der Waals surface area contributed by atoms with Gasteiger partial charge in [-0.3, -0.25) is 4.79 Å². The number of likely N-dealkylation sites (N-methyl/N-ethyl adjacent to an activating group) is 1. The van der Waals surface area contributed by atoms with E-state index in [1.54, 1.807) is 7.05 Å². The van der Waals surface area contributed by atoms with Crippen LogP contribution in [0.3, 0.4) is 0 Å². The van der Waals surface area contributed by atoms with E-state index in [4.69, 9.17) is 0 Å². The van der Waals surface area contributed by atoms with Crippen LogP contribution in [0.25, 0.3) is 0 Å². The molecule has 0 aromatic heterocycles. The molecule has 76 valence electrons. The molecule has 1 aliphatic heterocycles. The number of rotatable bonds is 1. The van der Waals surface area contributed by atoms with Crippen molar-refractivity contribution >= 4 is 5.91 Å². The number of carbonyl (C=O) groups excluding carboxylic acids is 1. The van der Waals surface area contributed by atoms with Crippen LogP contribution in [0.2, 0.25) is 0 Å². The summed E-state index contributed by atoms with van der Waals surface area (Å²) < 4.78 is 0. The lowest BCUT2D eigenvalue weighted by Gasteiger charge is -2.31. The highest BCUT2D eigenvalue weighted by atomic mass is 16.3. The first-order valence-electron chi connectivity index (χ1n) is 4.69. The zero-order chi connectivity index (χ0) is 10.3. The summed E-state index contributed by atoms with van der Waals surface area (Å²) in [5.74, 6) is -0.586. The molecular formula is C9H12N2O3. The predicted molar refractivity (Wildman–Crippen MR) is 49.4 cm³/mol. The number of aliphatic hydroxyl groups excluding tert-OH is 1. The predicted octanol–water partition coefficient (Wildman–Crippen LogP) is 1.31. The Balaban J connectivity index is 2.49. The first kappa shape index (κ1) is 9.18. The van der Waals surface area contributed by atoms with Crippen molar-refractivity contribution in [2.75, 3.05) is 7.05 Å². The van der Waals surface area contributed by atoms with Gasteiger partial charge >= 0.3 is 0 Å². The highest BCUT2D eigenvalue weighted by Crippen LogP contribution is 2.45. The summed E-state index contributed by atoms with van der Waals surface area (Å²) >= 11 is 0. The first-order chi connectivity index (χ1) is 6.63. The lowest BCUT2D eigenvalue weighted by Crippen LogP contribution is -2.43. The van der Waals surface area contributed by atoms with Crippen LogP contribution in [0.4, 0.5) is 0 Å². The minimum absolute atomic E-state index is 0.127. The molecular weight excluding hydrogens is 184 g/mol. The molecule has 1 aliphatic carbocycles. The van der Waals surface area contributed by atoms with E-state index in [9.17, 15) is 14.8 Å². The minimum Gasteiger partial charge on any atom is -0.507 e. The summed E-state index contributed by atoms with van der Waals surface area (Å²) in [6, 6.07) is 0. The molecule has 2 rings (SSSR count). The average Bonchev–Trinajstić information content (AvgIpc) is 2.72. The van der Waals surface area contributed by atoms with Crippen molar-refractivity contribution in [3.8, 4) is 0 Å². The Hall–Kier alpha value is -1.39. The third-order valence-electron chi connectivity index (χ3n) is 3.34. The van der Waals surface area contributed by atoms with Gasteiger partial charge in [-0.25, -0.2) is 0 Å². The fourth-order valence-corrected chi connectivity index (χ4v) is 2.45. The molecule has 1 spiro atoms. The van der Waals surface area contributed by atoms with Gasteiger partial charge in [0.1, 0.15) is 5.54 Å². The second-order valence-corrected chi connectivity index (χ2v) is 3.89. The van der Waals surface area contributed by atoms with E-state index in [0.29, 0.717) is 0 Å². The van der Waals surface area contributed by atoms with Gasteiger partial charge in [0.25, 0.3) is 5.91 Å². The van der Waals surface area contributed by atoms with Gasteiger partial charge in [-0.15, -0.1) is 4.91 Å². The van der Waals surface area contributed by atoms with Gasteiger partial charge in [0, 0.05) is 7.05 Å². The Morgan fingerprint density at radius 1 is 1.43 bits per heavy atom. The molecule has 2 aliphatic rings. The van der Waals surface area contributed by atoms with E-state index >= 15 is 0 Å². The van der Waals surface area contributed by atoms with Crippen molar-refractivity contribution < 1.29 is 9.90 Å². The van der Waals surface area contributed by atoms with E-state index in [2.05, 4.69) is 5.18 Å². The fraction of sp³-hybridized carbons (Fsp3) is 0.667. The van der Waals surface area contributed by atoms with Crippen LogP contribution >= 0.6 is 0 Å². The van der Waals surface area contributed by atoms with Gasteiger partial charge in [0.05, 0.1) is 0 Å². The average molecular weight is 196 g/mol. The van der Waals surface area contributed by atoms with Crippen LogP contribution in [0.5, 0.6) is 0 Å². The first-order valence-corrected chi connectivity index (χ1v) is 4.69. The SMILES string of the molecule is CN1C(=O)C(N=O)=C(O)C12CCCC2. The van der Waals surface area contributed by atoms with E-state index in [0.717, 1.165) is 25.7 Å². The monoisotopic (exact) mass is 196 g/mol. The minimum atomic E-state index is -0.625. The molecule has 0 unspecified atom stereocenters. The topological polar surface area (TPSA) is 70.0 Å². The van der Waals surface area contributed by atoms with E-state index < -0.39 is 11.4 Å². The standard InChI is InChI=1S/C9H12N2O3/c1-11-8(13)6(10-14)7(12)9(11)4-2-3-5-9/h12H,2-5H2,1H3. The van der Waals surface area contributed by atoms with E-state index in [1.807, 2.05) is 0 Å². The van der Waals surface area contributed by atoms with Gasteiger partial charge in [0.15, 0.2) is 5.76 Å². The summed E-state index contributed by atoms with van der Waals surface area (Å²) in [5, 5.41) is 12.4. The molecule has 1 amide bonds. The van der Waals surface area contributed by atoms with E-state index in [-0.39, 0.29) is 11.5 Å². The molecule has 1 fully saturated rings. The molecule has 1 saturated carbocycles. The van der Waals surface area contributed by atoms with Gasteiger partial charge in [0.2, 0.25) is 5.70 Å². The normalized spacial score (nSPS) is 25.2. The number of hydrogen-bond acceptors (Lipinski definition) is 4. The van der Waals surface area contributed by atoms with Gasteiger partial charge in [-0.1, -0.05) is 12.8 Å². The Kier molecular flexibility index (Phi) is 1.83. The zero-order valence-corrected chi connectivity index (χ0v) is 7.99. The van der Waals surface area contributed by atoms with Crippen molar-refractivity contribution in [1.29, 1.82) is 0 Å². The summed E-state index contributed by atoms with van der Waals surface area (Å²) in [6.45, 7) is 0. The molecule has 0 radical (unpaired) electrons. The second-order valence-electron chi connectivity index (χ2n) is 3.89. The molecule has 1 heterocycles. The van der Waals surface area contributed by atoms with Gasteiger partial charge in [-0.05, 0) is 18.0 Å². The van der Waals surface area contributed by atoms with Crippen LogP contribution < -0.4 is 0 Å². The van der Waals surface area contributed by atoms with Crippen LogP contribution in [0.1, 0.15) is 25.7 Å². The van der Waals surface area contributed by atoms with Crippen LogP contribution in [0.15, 0.2) is 16.6 Å². The maximum atomic E-state index is 11.5. The number of aliphatic hydroxyl groups is 1. The smallest absolute Gasteiger partial charge is 0.280 e. The van der Waals surface area contributed by atoms with Gasteiger partial charge in [-0.2, -0.15) is 0 Å². The lowest BCUT2D eigenvalue weighted by molar-refractivity contribution is -0.128. The second kappa shape index (κ2) is 2.80. The maximum Gasteiger partial charge on any atom is 0.280 e. The summed E-state index contributed by atoms with van der Waals surface area (Å²) in [6.07, 6.45) is 3.38. The van der Waals surface area contributed by atoms with Gasteiger partial charge < -0.3 is 10.0 Å². The molecule has 14 heavy (non-hydrogen) atoms. The van der Waals surface area contributed by atoms with Crippen molar-refractivity contribution in [3.05, 3.63) is 16.4 Å². The number of amides is 1. The molecule has 0 saturated heterocycles. The Morgan fingerprint density at radius 2 is 2.00 bits per heavy atom. The van der Waals surface area contributed by atoms with Crippen molar-refractivity contribution in [2.45, 2.75) is 31.2 Å². The highest BCUT2D eigenvalue weighted by molar-refractivity contribution is 5.97. The van der Waals surface area contributed by atoms with E-state index in [1.165, 1.54) is 4.90 Å². The fourth-order valence-electron chi connectivity index (χ4n) is 2.45. The van der Waals surface area contributed by atoms with Crippen LogP contribution in [-0.4, -0.2) is 28.5 Å². The Morgan fingerprint density at radius 3 is 2.43 bits per heavy atom.